The number of piperidine rings is 1. The van der Waals surface area contributed by atoms with E-state index in [1.165, 1.54) is 17.2 Å². The Labute approximate surface area is 97.3 Å². The van der Waals surface area contributed by atoms with Crippen LogP contribution < -0.4 is 10.6 Å². The molecule has 94 valence electrons. The summed E-state index contributed by atoms with van der Waals surface area (Å²) in [5.41, 5.74) is 3.44. The molecule has 1 aliphatic rings. The van der Waals surface area contributed by atoms with Crippen LogP contribution in [0.15, 0.2) is 12.3 Å². The number of halogens is 2. The number of aliphatic hydroxyl groups is 1. The summed E-state index contributed by atoms with van der Waals surface area (Å²) in [6, 6.07) is 1.49. The van der Waals surface area contributed by atoms with Gasteiger partial charge in [-0.1, -0.05) is 0 Å². The molecule has 1 fully saturated rings. The molecule has 2 heterocycles. The minimum atomic E-state index is -2.04. The number of rotatable bonds is 1. The van der Waals surface area contributed by atoms with Crippen molar-refractivity contribution in [2.45, 2.75) is 24.9 Å². The maximum atomic E-state index is 13.9. The average molecular weight is 244 g/mol. The molecule has 0 bridgehead atoms. The second-order valence-corrected chi connectivity index (χ2v) is 4.40. The van der Waals surface area contributed by atoms with Crippen LogP contribution in [0.25, 0.3) is 0 Å². The summed E-state index contributed by atoms with van der Waals surface area (Å²) in [5.74, 6) is 0.403. The number of alkyl halides is 2. The highest BCUT2D eigenvalue weighted by atomic mass is 19.2. The first-order valence-corrected chi connectivity index (χ1v) is 5.24. The summed E-state index contributed by atoms with van der Waals surface area (Å²) < 4.78 is 27.4. The van der Waals surface area contributed by atoms with Gasteiger partial charge in [0.1, 0.15) is 18.1 Å². The van der Waals surface area contributed by atoms with Crippen LogP contribution in [0.3, 0.4) is 0 Å². The van der Waals surface area contributed by atoms with Crippen molar-refractivity contribution in [3.8, 4) is 0 Å². The topological polar surface area (TPSA) is 75.3 Å². The lowest BCUT2D eigenvalue weighted by Gasteiger charge is -2.40. The molecule has 3 N–H and O–H groups in total. The van der Waals surface area contributed by atoms with Crippen LogP contribution >= 0.6 is 0 Å². The number of aromatic nitrogens is 2. The SMILES string of the molecule is CC1(F)CN(c2nccc(N)n2)CC(F)C1O. The molecule has 1 aliphatic heterocycles. The summed E-state index contributed by atoms with van der Waals surface area (Å²) in [6.07, 6.45) is -1.88. The lowest BCUT2D eigenvalue weighted by molar-refractivity contribution is -0.0545. The highest BCUT2D eigenvalue weighted by molar-refractivity contribution is 5.39. The van der Waals surface area contributed by atoms with E-state index in [2.05, 4.69) is 9.97 Å². The molecule has 1 saturated heterocycles. The second-order valence-electron chi connectivity index (χ2n) is 4.40. The fourth-order valence-electron chi connectivity index (χ4n) is 1.89. The Bertz CT molecular complexity index is 415. The molecular formula is C10H14F2N4O. The quantitative estimate of drug-likeness (QED) is 0.743. The molecule has 2 rings (SSSR count). The number of hydrogen-bond donors (Lipinski definition) is 2. The van der Waals surface area contributed by atoms with Crippen molar-refractivity contribution in [2.24, 2.45) is 0 Å². The summed E-state index contributed by atoms with van der Waals surface area (Å²) in [6.45, 7) is 0.838. The van der Waals surface area contributed by atoms with Gasteiger partial charge in [0.15, 0.2) is 5.67 Å². The zero-order valence-electron chi connectivity index (χ0n) is 9.35. The van der Waals surface area contributed by atoms with E-state index in [-0.39, 0.29) is 24.9 Å². The van der Waals surface area contributed by atoms with Gasteiger partial charge in [-0.3, -0.25) is 0 Å². The fraction of sp³-hybridized carbons (Fsp3) is 0.600. The Morgan fingerprint density at radius 1 is 1.65 bits per heavy atom. The van der Waals surface area contributed by atoms with Gasteiger partial charge in [0.05, 0.1) is 13.1 Å². The molecule has 5 nitrogen and oxygen atoms in total. The Hall–Kier alpha value is -1.50. The standard InChI is InChI=1S/C10H14F2N4O/c1-10(12)5-16(4-6(11)8(10)17)9-14-3-2-7(13)15-9/h2-3,6,8,17H,4-5H2,1H3,(H2,13,14,15). The molecule has 3 atom stereocenters. The van der Waals surface area contributed by atoms with E-state index in [9.17, 15) is 13.9 Å². The molecule has 7 heteroatoms. The smallest absolute Gasteiger partial charge is 0.227 e. The predicted molar refractivity (Wildman–Crippen MR) is 59.1 cm³/mol. The van der Waals surface area contributed by atoms with E-state index in [0.29, 0.717) is 0 Å². The molecule has 0 aromatic carbocycles. The van der Waals surface area contributed by atoms with Gasteiger partial charge in [-0.25, -0.2) is 13.8 Å². The first kappa shape index (κ1) is 12.0. The van der Waals surface area contributed by atoms with E-state index < -0.39 is 17.9 Å². The number of nitrogen functional groups attached to an aromatic ring is 1. The number of hydrogen-bond acceptors (Lipinski definition) is 5. The number of nitrogens with two attached hydrogens (primary N) is 1. The highest BCUT2D eigenvalue weighted by Crippen LogP contribution is 2.29. The molecule has 0 saturated carbocycles. The van der Waals surface area contributed by atoms with Crippen LogP contribution in [-0.4, -0.2) is 46.1 Å². The third kappa shape index (κ3) is 2.28. The maximum Gasteiger partial charge on any atom is 0.227 e. The van der Waals surface area contributed by atoms with Crippen molar-refractivity contribution in [2.75, 3.05) is 23.7 Å². The van der Waals surface area contributed by atoms with E-state index in [4.69, 9.17) is 5.73 Å². The van der Waals surface area contributed by atoms with Gasteiger partial charge in [0.25, 0.3) is 0 Å². The molecule has 0 amide bonds. The normalized spacial score (nSPS) is 33.8. The van der Waals surface area contributed by atoms with Crippen LogP contribution in [0.4, 0.5) is 20.5 Å². The zero-order chi connectivity index (χ0) is 12.6. The third-order valence-electron chi connectivity index (χ3n) is 2.80. The van der Waals surface area contributed by atoms with Gasteiger partial charge >= 0.3 is 0 Å². The van der Waals surface area contributed by atoms with Crippen LogP contribution in [0.1, 0.15) is 6.92 Å². The number of anilines is 2. The van der Waals surface area contributed by atoms with Gasteiger partial charge in [0.2, 0.25) is 5.95 Å². The van der Waals surface area contributed by atoms with Crippen LogP contribution in [0.5, 0.6) is 0 Å². The molecule has 17 heavy (non-hydrogen) atoms. The third-order valence-corrected chi connectivity index (χ3v) is 2.80. The van der Waals surface area contributed by atoms with Crippen molar-refractivity contribution < 1.29 is 13.9 Å². The van der Waals surface area contributed by atoms with Crippen LogP contribution in [0.2, 0.25) is 0 Å². The van der Waals surface area contributed by atoms with Gasteiger partial charge in [0, 0.05) is 6.20 Å². The Kier molecular flexibility index (Phi) is 2.86. The van der Waals surface area contributed by atoms with Gasteiger partial charge in [-0.15, -0.1) is 0 Å². The monoisotopic (exact) mass is 244 g/mol. The second kappa shape index (κ2) is 4.06. The molecule has 0 aliphatic carbocycles. The first-order chi connectivity index (χ1) is 7.90. The van der Waals surface area contributed by atoms with Gasteiger partial charge < -0.3 is 15.7 Å². The Morgan fingerprint density at radius 3 is 2.94 bits per heavy atom. The maximum absolute atomic E-state index is 13.9. The van der Waals surface area contributed by atoms with Crippen molar-refractivity contribution in [3.63, 3.8) is 0 Å². The fourth-order valence-corrected chi connectivity index (χ4v) is 1.89. The highest BCUT2D eigenvalue weighted by Gasteiger charge is 2.46. The van der Waals surface area contributed by atoms with E-state index in [0.717, 1.165) is 6.92 Å². The number of aliphatic hydroxyl groups excluding tert-OH is 1. The molecule has 1 aromatic rings. The van der Waals surface area contributed by atoms with Crippen LogP contribution in [0, 0.1) is 0 Å². The average Bonchev–Trinajstić information content (AvgIpc) is 2.25. The van der Waals surface area contributed by atoms with Crippen molar-refractivity contribution in [1.82, 2.24) is 9.97 Å². The summed E-state index contributed by atoms with van der Waals surface area (Å²) in [4.78, 5) is 9.15. The van der Waals surface area contributed by atoms with Crippen LogP contribution in [-0.2, 0) is 0 Å². The first-order valence-electron chi connectivity index (χ1n) is 5.24. The molecule has 0 spiro atoms. The molecule has 1 aromatic heterocycles. The van der Waals surface area contributed by atoms with E-state index in [1.54, 1.807) is 0 Å². The predicted octanol–water partition coefficient (Wildman–Crippen LogP) is 0.306. The van der Waals surface area contributed by atoms with E-state index >= 15 is 0 Å². The van der Waals surface area contributed by atoms with Gasteiger partial charge in [-0.2, -0.15) is 4.98 Å². The summed E-state index contributed by atoms with van der Waals surface area (Å²) in [5, 5.41) is 9.38. The van der Waals surface area contributed by atoms with E-state index in [1.807, 2.05) is 0 Å². The zero-order valence-corrected chi connectivity index (χ0v) is 9.35. The number of nitrogens with zero attached hydrogens (tertiary/aromatic N) is 3. The van der Waals surface area contributed by atoms with Gasteiger partial charge in [-0.05, 0) is 13.0 Å². The summed E-state index contributed by atoms with van der Waals surface area (Å²) in [7, 11) is 0. The Morgan fingerprint density at radius 2 is 2.35 bits per heavy atom. The summed E-state index contributed by atoms with van der Waals surface area (Å²) >= 11 is 0. The van der Waals surface area contributed by atoms with Crippen molar-refractivity contribution in [3.05, 3.63) is 12.3 Å². The van der Waals surface area contributed by atoms with Crippen molar-refractivity contribution in [1.29, 1.82) is 0 Å². The molecule has 3 unspecified atom stereocenters. The Balaban J connectivity index is 2.24. The minimum absolute atomic E-state index is 0.149. The largest absolute Gasteiger partial charge is 0.387 e. The molecular weight excluding hydrogens is 230 g/mol. The minimum Gasteiger partial charge on any atom is -0.387 e. The lowest BCUT2D eigenvalue weighted by atomic mass is 9.92. The lowest BCUT2D eigenvalue weighted by Crippen LogP contribution is -2.59. The molecule has 0 radical (unpaired) electrons. The van der Waals surface area contributed by atoms with Crippen molar-refractivity contribution >= 4 is 11.8 Å².